The zero-order chi connectivity index (χ0) is 10.9. The van der Waals surface area contributed by atoms with Gasteiger partial charge in [-0.2, -0.15) is 0 Å². The minimum absolute atomic E-state index is 0.779. The van der Waals surface area contributed by atoms with Crippen LogP contribution in [0.2, 0.25) is 0 Å². The standard InChI is InChI=1S/C6H16N2.H3O4P/c1-3-8(4-2)6-5-7;1-5(2,3)4/h3-7H2,1-2H3;(H3,1,2,3,4). The average Bonchev–Trinajstić information content (AvgIpc) is 1.97. The van der Waals surface area contributed by atoms with E-state index >= 15 is 0 Å². The van der Waals surface area contributed by atoms with Crippen molar-refractivity contribution in [1.82, 2.24) is 4.90 Å². The normalized spacial score (nSPS) is 11.0. The first-order valence-corrected chi connectivity index (χ1v) is 5.62. The molecule has 0 aliphatic carbocycles. The molecule has 0 aromatic carbocycles. The molecule has 13 heavy (non-hydrogen) atoms. The van der Waals surface area contributed by atoms with E-state index in [4.69, 9.17) is 25.0 Å². The Labute approximate surface area is 78.6 Å². The third kappa shape index (κ3) is 24.5. The Bertz CT molecular complexity index is 137. The summed E-state index contributed by atoms with van der Waals surface area (Å²) in [6.45, 7) is 8.36. The Morgan fingerprint density at radius 3 is 1.62 bits per heavy atom. The maximum absolute atomic E-state index is 8.88. The molecule has 0 atom stereocenters. The van der Waals surface area contributed by atoms with Crippen molar-refractivity contribution in [3.63, 3.8) is 0 Å². The molecule has 7 heteroatoms. The van der Waals surface area contributed by atoms with Gasteiger partial charge in [0, 0.05) is 13.1 Å². The lowest BCUT2D eigenvalue weighted by atomic mass is 10.5. The first kappa shape index (κ1) is 15.5. The summed E-state index contributed by atoms with van der Waals surface area (Å²) < 4.78 is 8.88. The molecule has 0 rings (SSSR count). The van der Waals surface area contributed by atoms with Crippen LogP contribution < -0.4 is 5.73 Å². The molecule has 0 aromatic rings. The van der Waals surface area contributed by atoms with E-state index in [-0.39, 0.29) is 0 Å². The molecule has 0 spiro atoms. The van der Waals surface area contributed by atoms with Gasteiger partial charge in [0.15, 0.2) is 0 Å². The summed E-state index contributed by atoms with van der Waals surface area (Å²) in [4.78, 5) is 23.9. The van der Waals surface area contributed by atoms with Crippen LogP contribution in [-0.2, 0) is 4.57 Å². The quantitative estimate of drug-likeness (QED) is 0.464. The van der Waals surface area contributed by atoms with Gasteiger partial charge in [-0.05, 0) is 13.1 Å². The summed E-state index contributed by atoms with van der Waals surface area (Å²) in [5, 5.41) is 0. The van der Waals surface area contributed by atoms with E-state index in [1.54, 1.807) is 0 Å². The van der Waals surface area contributed by atoms with Gasteiger partial charge in [-0.3, -0.25) is 0 Å². The van der Waals surface area contributed by atoms with Crippen molar-refractivity contribution < 1.29 is 19.2 Å². The van der Waals surface area contributed by atoms with E-state index in [9.17, 15) is 0 Å². The van der Waals surface area contributed by atoms with Gasteiger partial charge in [-0.25, -0.2) is 4.57 Å². The van der Waals surface area contributed by atoms with Crippen LogP contribution >= 0.6 is 7.82 Å². The summed E-state index contributed by atoms with van der Waals surface area (Å²) in [6.07, 6.45) is 0. The Morgan fingerprint density at radius 2 is 1.54 bits per heavy atom. The molecule has 0 aliphatic rings. The minimum Gasteiger partial charge on any atom is -0.329 e. The highest BCUT2D eigenvalue weighted by atomic mass is 31.2. The molecule has 0 unspecified atom stereocenters. The summed E-state index contributed by atoms with van der Waals surface area (Å²) >= 11 is 0. The molecule has 0 saturated heterocycles. The van der Waals surface area contributed by atoms with E-state index in [1.165, 1.54) is 0 Å². The number of hydrogen-bond acceptors (Lipinski definition) is 3. The molecule has 82 valence electrons. The minimum atomic E-state index is -4.64. The predicted octanol–water partition coefficient (Wildman–Crippen LogP) is -0.642. The smallest absolute Gasteiger partial charge is 0.329 e. The summed E-state index contributed by atoms with van der Waals surface area (Å²) in [7, 11) is -4.64. The highest BCUT2D eigenvalue weighted by Gasteiger charge is 2.00. The second kappa shape index (κ2) is 8.62. The average molecular weight is 214 g/mol. The Balaban J connectivity index is 0. The third-order valence-corrected chi connectivity index (χ3v) is 1.34. The van der Waals surface area contributed by atoms with Crippen LogP contribution in [0.3, 0.4) is 0 Å². The summed E-state index contributed by atoms with van der Waals surface area (Å²) in [5.74, 6) is 0. The van der Waals surface area contributed by atoms with Crippen molar-refractivity contribution in [2.45, 2.75) is 13.8 Å². The maximum atomic E-state index is 8.88. The highest BCUT2D eigenvalue weighted by Crippen LogP contribution is 2.25. The Kier molecular flexibility index (Phi) is 10.3. The lowest BCUT2D eigenvalue weighted by molar-refractivity contribution is 0.275. The largest absolute Gasteiger partial charge is 0.466 e. The van der Waals surface area contributed by atoms with E-state index in [0.717, 1.165) is 26.2 Å². The number of nitrogens with two attached hydrogens (primary N) is 1. The van der Waals surface area contributed by atoms with Crippen LogP contribution in [0.25, 0.3) is 0 Å². The van der Waals surface area contributed by atoms with Gasteiger partial charge in [0.25, 0.3) is 0 Å². The molecule has 6 nitrogen and oxygen atoms in total. The number of nitrogens with zero attached hydrogens (tertiary/aromatic N) is 1. The molecule has 0 bridgehead atoms. The topological polar surface area (TPSA) is 107 Å². The number of hydrogen-bond donors (Lipinski definition) is 4. The molecular weight excluding hydrogens is 195 g/mol. The SMILES string of the molecule is CCN(CC)CCN.O=P(O)(O)O. The van der Waals surface area contributed by atoms with Gasteiger partial charge < -0.3 is 25.3 Å². The van der Waals surface area contributed by atoms with Crippen molar-refractivity contribution in [3.8, 4) is 0 Å². The molecule has 0 saturated carbocycles. The van der Waals surface area contributed by atoms with Gasteiger partial charge >= 0.3 is 7.82 Å². The first-order chi connectivity index (χ1) is 5.85. The Hall–Kier alpha value is 0.0300. The fourth-order valence-corrected chi connectivity index (χ4v) is 0.722. The number of phosphoric acid groups is 1. The molecule has 0 amide bonds. The molecule has 0 aromatic heterocycles. The van der Waals surface area contributed by atoms with E-state index < -0.39 is 7.82 Å². The van der Waals surface area contributed by atoms with Crippen LogP contribution in [0.4, 0.5) is 0 Å². The molecule has 0 heterocycles. The monoisotopic (exact) mass is 214 g/mol. The van der Waals surface area contributed by atoms with Crippen LogP contribution in [0, 0.1) is 0 Å². The molecule has 0 fully saturated rings. The van der Waals surface area contributed by atoms with E-state index in [1.807, 2.05) is 0 Å². The molecular formula is C6H19N2O4P. The lowest BCUT2D eigenvalue weighted by Crippen LogP contribution is -2.28. The van der Waals surface area contributed by atoms with Crippen molar-refractivity contribution in [2.24, 2.45) is 5.73 Å². The van der Waals surface area contributed by atoms with Crippen LogP contribution in [0.1, 0.15) is 13.8 Å². The Morgan fingerprint density at radius 1 is 1.23 bits per heavy atom. The van der Waals surface area contributed by atoms with Crippen LogP contribution in [0.5, 0.6) is 0 Å². The second-order valence-corrected chi connectivity index (χ2v) is 3.36. The van der Waals surface area contributed by atoms with Crippen LogP contribution in [0.15, 0.2) is 0 Å². The van der Waals surface area contributed by atoms with Crippen molar-refractivity contribution in [2.75, 3.05) is 26.2 Å². The zero-order valence-electron chi connectivity index (χ0n) is 8.05. The maximum Gasteiger partial charge on any atom is 0.466 e. The van der Waals surface area contributed by atoms with Gasteiger partial charge in [-0.15, -0.1) is 0 Å². The number of rotatable bonds is 4. The highest BCUT2D eigenvalue weighted by molar-refractivity contribution is 7.45. The lowest BCUT2D eigenvalue weighted by Gasteiger charge is -2.15. The van der Waals surface area contributed by atoms with Gasteiger partial charge in [0.05, 0.1) is 0 Å². The van der Waals surface area contributed by atoms with Gasteiger partial charge in [-0.1, -0.05) is 13.8 Å². The van der Waals surface area contributed by atoms with E-state index in [2.05, 4.69) is 18.7 Å². The van der Waals surface area contributed by atoms with Crippen molar-refractivity contribution in [3.05, 3.63) is 0 Å². The second-order valence-electron chi connectivity index (χ2n) is 2.33. The van der Waals surface area contributed by atoms with Crippen LogP contribution in [-0.4, -0.2) is 45.8 Å². The fraction of sp³-hybridized carbons (Fsp3) is 1.00. The number of likely N-dealkylation sites (N-methyl/N-ethyl adjacent to an activating group) is 1. The summed E-state index contributed by atoms with van der Waals surface area (Å²) in [5.41, 5.74) is 5.34. The molecule has 5 N–H and O–H groups in total. The zero-order valence-corrected chi connectivity index (χ0v) is 8.94. The molecule has 0 radical (unpaired) electrons. The molecule has 0 aliphatic heterocycles. The van der Waals surface area contributed by atoms with Gasteiger partial charge in [0.2, 0.25) is 0 Å². The van der Waals surface area contributed by atoms with Crippen molar-refractivity contribution in [1.29, 1.82) is 0 Å². The summed E-state index contributed by atoms with van der Waals surface area (Å²) in [6, 6.07) is 0. The predicted molar refractivity (Wildman–Crippen MR) is 51.1 cm³/mol. The van der Waals surface area contributed by atoms with Gasteiger partial charge in [0.1, 0.15) is 0 Å². The first-order valence-electron chi connectivity index (χ1n) is 4.05. The fourth-order valence-electron chi connectivity index (χ4n) is 0.722. The third-order valence-electron chi connectivity index (χ3n) is 1.34. The van der Waals surface area contributed by atoms with E-state index in [0.29, 0.717) is 0 Å². The van der Waals surface area contributed by atoms with Crippen molar-refractivity contribution >= 4 is 7.82 Å².